The second-order valence-corrected chi connectivity index (χ2v) is 8.35. The first-order chi connectivity index (χ1) is 12.7. The maximum atomic E-state index is 12.5. The molecule has 2 rings (SSSR count). The van der Waals surface area contributed by atoms with E-state index in [9.17, 15) is 13.2 Å². The molecule has 0 aromatic heterocycles. The molecule has 144 valence electrons. The van der Waals surface area contributed by atoms with Gasteiger partial charge in [0.1, 0.15) is 5.75 Å². The van der Waals surface area contributed by atoms with Crippen LogP contribution in [0.15, 0.2) is 51.8 Å². The number of nitrogens with two attached hydrogens (primary N) is 1. The Bertz CT molecular complexity index is 947. The third kappa shape index (κ3) is 6.28. The highest BCUT2D eigenvalue weighted by atomic mass is 79.9. The van der Waals surface area contributed by atoms with Crippen molar-refractivity contribution in [3.63, 3.8) is 0 Å². The molecule has 10 heteroatoms. The van der Waals surface area contributed by atoms with Gasteiger partial charge >= 0.3 is 0 Å². The SMILES string of the molecule is CCCOc1ccc(Br)cc1C(=O)NC(=S)Nc1ccc(S(N)(=O)=O)cc1. The van der Waals surface area contributed by atoms with Crippen molar-refractivity contribution in [1.29, 1.82) is 0 Å². The van der Waals surface area contributed by atoms with Gasteiger partial charge < -0.3 is 10.1 Å². The number of thiocarbonyl (C=S) groups is 1. The quantitative estimate of drug-likeness (QED) is 0.558. The van der Waals surface area contributed by atoms with E-state index in [-0.39, 0.29) is 10.0 Å². The van der Waals surface area contributed by atoms with Gasteiger partial charge in [0.2, 0.25) is 10.0 Å². The molecule has 0 fully saturated rings. The average Bonchev–Trinajstić information content (AvgIpc) is 2.60. The van der Waals surface area contributed by atoms with E-state index in [1.807, 2.05) is 6.92 Å². The highest BCUT2D eigenvalue weighted by Crippen LogP contribution is 2.23. The highest BCUT2D eigenvalue weighted by molar-refractivity contribution is 9.10. The lowest BCUT2D eigenvalue weighted by molar-refractivity contribution is 0.0973. The molecule has 0 saturated heterocycles. The number of carbonyl (C=O) groups is 1. The van der Waals surface area contributed by atoms with Crippen molar-refractivity contribution in [3.05, 3.63) is 52.5 Å². The molecule has 0 aliphatic heterocycles. The minimum Gasteiger partial charge on any atom is -0.493 e. The first-order valence-corrected chi connectivity index (χ1v) is 10.6. The lowest BCUT2D eigenvalue weighted by Crippen LogP contribution is -2.34. The first kappa shape index (κ1) is 21.3. The highest BCUT2D eigenvalue weighted by Gasteiger charge is 2.15. The lowest BCUT2D eigenvalue weighted by Gasteiger charge is -2.13. The van der Waals surface area contributed by atoms with Crippen LogP contribution in [0.1, 0.15) is 23.7 Å². The van der Waals surface area contributed by atoms with Crippen molar-refractivity contribution in [2.24, 2.45) is 5.14 Å². The van der Waals surface area contributed by atoms with E-state index in [4.69, 9.17) is 22.1 Å². The van der Waals surface area contributed by atoms with Crippen molar-refractivity contribution in [2.75, 3.05) is 11.9 Å². The molecule has 0 spiro atoms. The maximum Gasteiger partial charge on any atom is 0.261 e. The molecule has 2 aromatic rings. The third-order valence-corrected chi connectivity index (χ3v) is 4.94. The number of hydrogen-bond donors (Lipinski definition) is 3. The molecule has 0 bridgehead atoms. The Morgan fingerprint density at radius 1 is 1.22 bits per heavy atom. The number of amides is 1. The Balaban J connectivity index is 2.07. The molecule has 0 aliphatic carbocycles. The summed E-state index contributed by atoms with van der Waals surface area (Å²) in [7, 11) is -3.77. The summed E-state index contributed by atoms with van der Waals surface area (Å²) in [4.78, 5) is 12.5. The number of rotatable bonds is 6. The second kappa shape index (κ2) is 9.27. The van der Waals surface area contributed by atoms with Gasteiger partial charge in [0, 0.05) is 10.2 Å². The molecular formula is C17H18BrN3O4S2. The van der Waals surface area contributed by atoms with Crippen molar-refractivity contribution in [2.45, 2.75) is 18.2 Å². The van der Waals surface area contributed by atoms with Crippen LogP contribution in [-0.2, 0) is 10.0 Å². The molecule has 0 saturated carbocycles. The van der Waals surface area contributed by atoms with Crippen molar-refractivity contribution in [3.8, 4) is 5.75 Å². The fraction of sp³-hybridized carbons (Fsp3) is 0.176. The Hall–Kier alpha value is -2.01. The minimum atomic E-state index is -3.77. The summed E-state index contributed by atoms with van der Waals surface area (Å²) < 4.78 is 28.8. The van der Waals surface area contributed by atoms with Crippen LogP contribution in [0, 0.1) is 0 Å². The topological polar surface area (TPSA) is 111 Å². The van der Waals surface area contributed by atoms with Gasteiger partial charge in [0.15, 0.2) is 5.11 Å². The number of ether oxygens (including phenoxy) is 1. The van der Waals surface area contributed by atoms with Crippen LogP contribution >= 0.6 is 28.1 Å². The molecule has 0 radical (unpaired) electrons. The smallest absolute Gasteiger partial charge is 0.261 e. The van der Waals surface area contributed by atoms with Gasteiger partial charge in [-0.2, -0.15) is 0 Å². The molecule has 0 unspecified atom stereocenters. The van der Waals surface area contributed by atoms with Crippen LogP contribution in [0.2, 0.25) is 0 Å². The van der Waals surface area contributed by atoms with Gasteiger partial charge in [0.05, 0.1) is 17.1 Å². The summed E-state index contributed by atoms with van der Waals surface area (Å²) in [6.07, 6.45) is 0.811. The number of carbonyl (C=O) groups excluding carboxylic acids is 1. The Kier molecular flexibility index (Phi) is 7.31. The summed E-state index contributed by atoms with van der Waals surface area (Å²) >= 11 is 8.48. The Morgan fingerprint density at radius 3 is 2.48 bits per heavy atom. The predicted octanol–water partition coefficient (Wildman–Crippen LogP) is 3.01. The molecule has 27 heavy (non-hydrogen) atoms. The van der Waals surface area contributed by atoms with Crippen LogP contribution < -0.4 is 20.5 Å². The van der Waals surface area contributed by atoms with Crippen LogP contribution in [0.3, 0.4) is 0 Å². The number of sulfonamides is 1. The fourth-order valence-corrected chi connectivity index (χ4v) is 3.17. The van der Waals surface area contributed by atoms with Crippen LogP contribution in [0.25, 0.3) is 0 Å². The normalized spacial score (nSPS) is 10.9. The zero-order valence-corrected chi connectivity index (χ0v) is 17.6. The van der Waals surface area contributed by atoms with E-state index in [1.165, 1.54) is 24.3 Å². The molecule has 4 N–H and O–H groups in total. The van der Waals surface area contributed by atoms with Crippen molar-refractivity contribution < 1.29 is 17.9 Å². The molecule has 1 amide bonds. The zero-order chi connectivity index (χ0) is 20.0. The number of primary sulfonamides is 1. The van der Waals surface area contributed by atoms with Crippen LogP contribution in [0.4, 0.5) is 5.69 Å². The van der Waals surface area contributed by atoms with Crippen LogP contribution in [-0.4, -0.2) is 26.0 Å². The van der Waals surface area contributed by atoms with Crippen molar-refractivity contribution >= 4 is 54.9 Å². The van der Waals surface area contributed by atoms with E-state index in [0.717, 1.165) is 10.9 Å². The number of hydrogen-bond acceptors (Lipinski definition) is 5. The van der Waals surface area contributed by atoms with E-state index in [2.05, 4.69) is 26.6 Å². The molecule has 0 heterocycles. The van der Waals surface area contributed by atoms with E-state index in [1.54, 1.807) is 18.2 Å². The molecule has 0 atom stereocenters. The standard InChI is InChI=1S/C17H18BrN3O4S2/c1-2-9-25-15-8-3-11(18)10-14(15)16(22)21-17(26)20-12-4-6-13(7-5-12)27(19,23)24/h3-8,10H,2,9H2,1H3,(H2,19,23,24)(H2,20,21,22,26). The van der Waals surface area contributed by atoms with Crippen LogP contribution in [0.5, 0.6) is 5.75 Å². The number of benzene rings is 2. The van der Waals surface area contributed by atoms with Gasteiger partial charge in [-0.05, 0) is 61.1 Å². The average molecular weight is 472 g/mol. The first-order valence-electron chi connectivity index (χ1n) is 7.88. The number of nitrogens with one attached hydrogen (secondary N) is 2. The van der Waals surface area contributed by atoms with E-state index >= 15 is 0 Å². The molecule has 2 aromatic carbocycles. The fourth-order valence-electron chi connectivity index (χ4n) is 2.08. The summed E-state index contributed by atoms with van der Waals surface area (Å²) in [5, 5.41) is 10.5. The number of halogens is 1. The maximum absolute atomic E-state index is 12.5. The lowest BCUT2D eigenvalue weighted by atomic mass is 10.2. The number of anilines is 1. The van der Waals surface area contributed by atoms with E-state index in [0.29, 0.717) is 23.6 Å². The summed E-state index contributed by atoms with van der Waals surface area (Å²) in [5.74, 6) is 0.0268. The molecule has 0 aliphatic rings. The largest absolute Gasteiger partial charge is 0.493 e. The zero-order valence-electron chi connectivity index (χ0n) is 14.4. The van der Waals surface area contributed by atoms with Crippen molar-refractivity contribution in [1.82, 2.24) is 5.32 Å². The summed E-state index contributed by atoms with van der Waals surface area (Å²) in [5.41, 5.74) is 0.843. The van der Waals surface area contributed by atoms with Gasteiger partial charge in [-0.1, -0.05) is 22.9 Å². The summed E-state index contributed by atoms with van der Waals surface area (Å²) in [6.45, 7) is 2.46. The van der Waals surface area contributed by atoms with Gasteiger partial charge in [0.25, 0.3) is 5.91 Å². The minimum absolute atomic E-state index is 0.0187. The predicted molar refractivity (Wildman–Crippen MR) is 111 cm³/mol. The van der Waals surface area contributed by atoms with E-state index < -0.39 is 15.9 Å². The van der Waals surface area contributed by atoms with Gasteiger partial charge in [-0.15, -0.1) is 0 Å². The van der Waals surface area contributed by atoms with Gasteiger partial charge in [-0.3, -0.25) is 10.1 Å². The Morgan fingerprint density at radius 2 is 1.89 bits per heavy atom. The summed E-state index contributed by atoms with van der Waals surface area (Å²) in [6, 6.07) is 10.8. The second-order valence-electron chi connectivity index (χ2n) is 5.47. The third-order valence-electron chi connectivity index (χ3n) is 3.32. The Labute approximate surface area is 171 Å². The van der Waals surface area contributed by atoms with Gasteiger partial charge in [-0.25, -0.2) is 13.6 Å². The molecule has 7 nitrogen and oxygen atoms in total. The monoisotopic (exact) mass is 471 g/mol. The molecular weight excluding hydrogens is 454 g/mol.